The average Bonchev–Trinajstić information content (AvgIpc) is 3.31. The molecule has 3 aromatic rings. The Hall–Kier alpha value is -3.83. The van der Waals surface area contributed by atoms with Crippen molar-refractivity contribution in [3.8, 4) is 17.6 Å². The van der Waals surface area contributed by atoms with Gasteiger partial charge in [-0.05, 0) is 61.0 Å². The molecule has 0 saturated heterocycles. The second-order valence-corrected chi connectivity index (χ2v) is 7.39. The zero-order valence-corrected chi connectivity index (χ0v) is 18.7. The van der Waals surface area contributed by atoms with Gasteiger partial charge in [-0.1, -0.05) is 28.1 Å². The first-order valence-electron chi connectivity index (χ1n) is 9.67. The van der Waals surface area contributed by atoms with E-state index in [9.17, 15) is 14.9 Å². The van der Waals surface area contributed by atoms with Gasteiger partial charge in [-0.2, -0.15) is 5.26 Å². The molecule has 0 saturated carbocycles. The third kappa shape index (κ3) is 6.09. The Balaban J connectivity index is 1.78. The fraction of sp³-hybridized carbons (Fsp3) is 0.125. The zero-order valence-electron chi connectivity index (χ0n) is 17.1. The van der Waals surface area contributed by atoms with Gasteiger partial charge in [0.25, 0.3) is 5.91 Å². The third-order valence-electron chi connectivity index (χ3n) is 4.21. The van der Waals surface area contributed by atoms with Crippen LogP contribution < -0.4 is 14.8 Å². The number of nitriles is 1. The van der Waals surface area contributed by atoms with E-state index in [4.69, 9.17) is 13.9 Å². The van der Waals surface area contributed by atoms with E-state index in [1.54, 1.807) is 61.5 Å². The summed E-state index contributed by atoms with van der Waals surface area (Å²) in [5, 5.41) is 12.0. The number of esters is 1. The van der Waals surface area contributed by atoms with Crippen LogP contribution in [0, 0.1) is 11.3 Å². The maximum atomic E-state index is 12.5. The quantitative estimate of drug-likeness (QED) is 0.207. The van der Waals surface area contributed by atoms with Crippen LogP contribution in [0.5, 0.6) is 11.5 Å². The molecule has 0 atom stereocenters. The largest absolute Gasteiger partial charge is 0.490 e. The van der Waals surface area contributed by atoms with E-state index in [2.05, 4.69) is 21.2 Å². The van der Waals surface area contributed by atoms with Crippen molar-refractivity contribution in [3.05, 3.63) is 87.8 Å². The fourth-order valence-corrected chi connectivity index (χ4v) is 3.13. The first-order valence-corrected chi connectivity index (χ1v) is 10.5. The Morgan fingerprint density at radius 3 is 2.69 bits per heavy atom. The number of benzene rings is 2. The molecule has 1 amide bonds. The summed E-state index contributed by atoms with van der Waals surface area (Å²) in [6.45, 7) is 2.30. The number of hydrogen-bond acceptors (Lipinski definition) is 6. The van der Waals surface area contributed by atoms with Gasteiger partial charge in [-0.25, -0.2) is 4.79 Å². The number of amides is 1. The molecule has 0 fully saturated rings. The number of carbonyl (C=O) groups excluding carboxylic acids is 2. The number of nitrogens with one attached hydrogen (secondary N) is 1. The van der Waals surface area contributed by atoms with Crippen molar-refractivity contribution >= 4 is 33.9 Å². The Labute approximate surface area is 193 Å². The summed E-state index contributed by atoms with van der Waals surface area (Å²) in [7, 11) is 0. The molecule has 0 aliphatic carbocycles. The average molecular weight is 495 g/mol. The van der Waals surface area contributed by atoms with E-state index < -0.39 is 11.9 Å². The van der Waals surface area contributed by atoms with Crippen LogP contribution in [-0.2, 0) is 11.3 Å². The van der Waals surface area contributed by atoms with Crippen molar-refractivity contribution in [1.82, 2.24) is 5.32 Å². The van der Waals surface area contributed by atoms with Crippen LogP contribution in [0.4, 0.5) is 0 Å². The van der Waals surface area contributed by atoms with Gasteiger partial charge in [0.15, 0.2) is 11.5 Å². The molecular formula is C24H19BrN2O5. The fourth-order valence-electron chi connectivity index (χ4n) is 2.73. The molecule has 32 heavy (non-hydrogen) atoms. The summed E-state index contributed by atoms with van der Waals surface area (Å²) >= 11 is 3.33. The van der Waals surface area contributed by atoms with Crippen molar-refractivity contribution < 1.29 is 23.5 Å². The van der Waals surface area contributed by atoms with Crippen LogP contribution >= 0.6 is 15.9 Å². The van der Waals surface area contributed by atoms with Crippen LogP contribution in [0.15, 0.2) is 75.3 Å². The molecule has 162 valence electrons. The van der Waals surface area contributed by atoms with Gasteiger partial charge in [0.2, 0.25) is 0 Å². The van der Waals surface area contributed by atoms with E-state index in [1.807, 2.05) is 6.07 Å². The molecule has 0 aliphatic heterocycles. The lowest BCUT2D eigenvalue weighted by molar-refractivity contribution is -0.117. The zero-order chi connectivity index (χ0) is 22.9. The van der Waals surface area contributed by atoms with Crippen molar-refractivity contribution in [2.45, 2.75) is 13.5 Å². The molecule has 0 bridgehead atoms. The van der Waals surface area contributed by atoms with Gasteiger partial charge >= 0.3 is 5.97 Å². The summed E-state index contributed by atoms with van der Waals surface area (Å²) in [5.74, 6) is 0.0519. The molecule has 0 aliphatic rings. The van der Waals surface area contributed by atoms with Gasteiger partial charge in [-0.15, -0.1) is 0 Å². The highest BCUT2D eigenvalue weighted by Gasteiger charge is 2.15. The molecular weight excluding hydrogens is 476 g/mol. The number of nitrogens with zero attached hydrogens (tertiary/aromatic N) is 1. The van der Waals surface area contributed by atoms with Crippen molar-refractivity contribution in [2.75, 3.05) is 6.61 Å². The summed E-state index contributed by atoms with van der Waals surface area (Å²) in [5.41, 5.74) is 0.837. The van der Waals surface area contributed by atoms with Crippen LogP contribution in [-0.4, -0.2) is 18.5 Å². The first kappa shape index (κ1) is 22.8. The Morgan fingerprint density at radius 2 is 2.00 bits per heavy atom. The standard InChI is InChI=1S/C24H19BrN2O5/c1-2-30-22-12-16(11-18(14-26)23(28)27-15-20-7-4-10-31-20)8-9-21(22)32-24(29)17-5-3-6-19(25)13-17/h3-13H,2,15H2,1H3,(H,27,28)/b18-11+. The normalized spacial score (nSPS) is 10.8. The number of carbonyl (C=O) groups is 2. The Kier molecular flexibility index (Phi) is 7.84. The van der Waals surface area contributed by atoms with Crippen molar-refractivity contribution in [1.29, 1.82) is 5.26 Å². The smallest absolute Gasteiger partial charge is 0.343 e. The summed E-state index contributed by atoms with van der Waals surface area (Å²) in [4.78, 5) is 24.8. The van der Waals surface area contributed by atoms with Gasteiger partial charge in [0.1, 0.15) is 17.4 Å². The maximum absolute atomic E-state index is 12.5. The minimum atomic E-state index is -0.537. The SMILES string of the molecule is CCOc1cc(/C=C(\C#N)C(=O)NCc2ccco2)ccc1OC(=O)c1cccc(Br)c1. The topological polar surface area (TPSA) is 102 Å². The lowest BCUT2D eigenvalue weighted by Crippen LogP contribution is -2.23. The maximum Gasteiger partial charge on any atom is 0.343 e. The molecule has 8 heteroatoms. The summed E-state index contributed by atoms with van der Waals surface area (Å²) in [6.07, 6.45) is 2.93. The van der Waals surface area contributed by atoms with Gasteiger partial charge in [-0.3, -0.25) is 4.79 Å². The summed E-state index contributed by atoms with van der Waals surface area (Å²) < 4.78 is 17.0. The van der Waals surface area contributed by atoms with Crippen LogP contribution in [0.25, 0.3) is 6.08 Å². The molecule has 1 N–H and O–H groups in total. The molecule has 1 heterocycles. The second-order valence-electron chi connectivity index (χ2n) is 6.47. The van der Waals surface area contributed by atoms with Crippen LogP contribution in [0.2, 0.25) is 0 Å². The van der Waals surface area contributed by atoms with Gasteiger partial charge in [0, 0.05) is 4.47 Å². The Morgan fingerprint density at radius 1 is 1.16 bits per heavy atom. The predicted octanol–water partition coefficient (Wildman–Crippen LogP) is 4.88. The van der Waals surface area contributed by atoms with Crippen molar-refractivity contribution in [3.63, 3.8) is 0 Å². The minimum absolute atomic E-state index is 0.0853. The second kappa shape index (κ2) is 11.0. The summed E-state index contributed by atoms with van der Waals surface area (Å²) in [6, 6.07) is 17.0. The highest BCUT2D eigenvalue weighted by molar-refractivity contribution is 9.10. The minimum Gasteiger partial charge on any atom is -0.490 e. The molecule has 1 aromatic heterocycles. The number of hydrogen-bond donors (Lipinski definition) is 1. The van der Waals surface area contributed by atoms with E-state index in [-0.39, 0.29) is 17.9 Å². The number of rotatable bonds is 8. The molecule has 2 aromatic carbocycles. The van der Waals surface area contributed by atoms with Crippen LogP contribution in [0.1, 0.15) is 28.6 Å². The molecule has 3 rings (SSSR count). The third-order valence-corrected chi connectivity index (χ3v) is 4.70. The number of furan rings is 1. The Bertz CT molecular complexity index is 1180. The molecule has 0 radical (unpaired) electrons. The lowest BCUT2D eigenvalue weighted by atomic mass is 10.1. The predicted molar refractivity (Wildman–Crippen MR) is 121 cm³/mol. The van der Waals surface area contributed by atoms with Crippen molar-refractivity contribution in [2.24, 2.45) is 0 Å². The highest BCUT2D eigenvalue weighted by Crippen LogP contribution is 2.30. The van der Waals surface area contributed by atoms with Gasteiger partial charge < -0.3 is 19.2 Å². The first-order chi connectivity index (χ1) is 15.5. The number of halogens is 1. The molecule has 0 unspecified atom stereocenters. The van der Waals surface area contributed by atoms with Crippen LogP contribution in [0.3, 0.4) is 0 Å². The van der Waals surface area contributed by atoms with E-state index in [1.165, 1.54) is 12.3 Å². The van der Waals surface area contributed by atoms with E-state index in [0.29, 0.717) is 29.2 Å². The van der Waals surface area contributed by atoms with E-state index in [0.717, 1.165) is 4.47 Å². The van der Waals surface area contributed by atoms with E-state index >= 15 is 0 Å². The lowest BCUT2D eigenvalue weighted by Gasteiger charge is -2.12. The number of ether oxygens (including phenoxy) is 2. The highest BCUT2D eigenvalue weighted by atomic mass is 79.9. The molecule has 0 spiro atoms. The van der Waals surface area contributed by atoms with Gasteiger partial charge in [0.05, 0.1) is 25.0 Å². The monoisotopic (exact) mass is 494 g/mol. The molecule has 7 nitrogen and oxygen atoms in total.